The standard InChI is InChI=1S/C12H20N2O3/c1-12(10(15)16)6-5-9-14(12)11(17)13-7-3-2-4-8-13/h2-9H2,1H3,(H,15,16). The summed E-state index contributed by atoms with van der Waals surface area (Å²) in [4.78, 5) is 27.0. The molecule has 0 aromatic carbocycles. The Hall–Kier alpha value is -1.26. The Morgan fingerprint density at radius 1 is 1.06 bits per heavy atom. The molecule has 17 heavy (non-hydrogen) atoms. The number of hydrogen-bond donors (Lipinski definition) is 1. The van der Waals surface area contributed by atoms with Gasteiger partial charge in [0.05, 0.1) is 0 Å². The summed E-state index contributed by atoms with van der Waals surface area (Å²) >= 11 is 0. The van der Waals surface area contributed by atoms with E-state index in [0.29, 0.717) is 13.0 Å². The number of rotatable bonds is 1. The zero-order chi connectivity index (χ0) is 12.5. The van der Waals surface area contributed by atoms with E-state index in [1.807, 2.05) is 0 Å². The lowest BCUT2D eigenvalue weighted by atomic mass is 9.99. The second kappa shape index (κ2) is 4.55. The maximum Gasteiger partial charge on any atom is 0.329 e. The summed E-state index contributed by atoms with van der Waals surface area (Å²) in [6.07, 6.45) is 4.57. The summed E-state index contributed by atoms with van der Waals surface area (Å²) < 4.78 is 0. The van der Waals surface area contributed by atoms with Crippen molar-refractivity contribution in [1.82, 2.24) is 9.80 Å². The van der Waals surface area contributed by atoms with Crippen LogP contribution in [0.15, 0.2) is 0 Å². The van der Waals surface area contributed by atoms with Crippen molar-refractivity contribution in [3.63, 3.8) is 0 Å². The van der Waals surface area contributed by atoms with Gasteiger partial charge in [-0.3, -0.25) is 0 Å². The third kappa shape index (κ3) is 2.10. The fourth-order valence-corrected chi connectivity index (χ4v) is 2.75. The molecule has 5 nitrogen and oxygen atoms in total. The number of carbonyl (C=O) groups excluding carboxylic acids is 1. The van der Waals surface area contributed by atoms with Gasteiger partial charge in [0.25, 0.3) is 0 Å². The molecule has 0 radical (unpaired) electrons. The number of hydrogen-bond acceptors (Lipinski definition) is 2. The van der Waals surface area contributed by atoms with E-state index in [2.05, 4.69) is 0 Å². The van der Waals surface area contributed by atoms with Crippen molar-refractivity contribution in [2.24, 2.45) is 0 Å². The van der Waals surface area contributed by atoms with E-state index in [1.165, 1.54) is 6.42 Å². The zero-order valence-electron chi connectivity index (χ0n) is 10.3. The fourth-order valence-electron chi connectivity index (χ4n) is 2.75. The van der Waals surface area contributed by atoms with Crippen LogP contribution in [0.1, 0.15) is 39.0 Å². The van der Waals surface area contributed by atoms with Gasteiger partial charge >= 0.3 is 12.0 Å². The van der Waals surface area contributed by atoms with Crippen LogP contribution in [0, 0.1) is 0 Å². The highest BCUT2D eigenvalue weighted by molar-refractivity contribution is 5.86. The number of nitrogens with zero attached hydrogens (tertiary/aromatic N) is 2. The minimum absolute atomic E-state index is 0.0906. The fraction of sp³-hybridized carbons (Fsp3) is 0.833. The maximum absolute atomic E-state index is 12.3. The Morgan fingerprint density at radius 3 is 2.29 bits per heavy atom. The monoisotopic (exact) mass is 240 g/mol. The van der Waals surface area contributed by atoms with Crippen molar-refractivity contribution in [1.29, 1.82) is 0 Å². The van der Waals surface area contributed by atoms with Crippen molar-refractivity contribution < 1.29 is 14.7 Å². The number of amides is 2. The zero-order valence-corrected chi connectivity index (χ0v) is 10.3. The predicted octanol–water partition coefficient (Wildman–Crippen LogP) is 1.53. The van der Waals surface area contributed by atoms with Crippen LogP contribution >= 0.6 is 0 Å². The van der Waals surface area contributed by atoms with E-state index in [-0.39, 0.29) is 6.03 Å². The number of carboxylic acid groups (broad SMARTS) is 1. The molecular weight excluding hydrogens is 220 g/mol. The Bertz CT molecular complexity index is 326. The minimum Gasteiger partial charge on any atom is -0.480 e. The third-order valence-corrected chi connectivity index (χ3v) is 3.96. The van der Waals surface area contributed by atoms with Crippen molar-refractivity contribution in [3.8, 4) is 0 Å². The number of piperidine rings is 1. The predicted molar refractivity (Wildman–Crippen MR) is 62.8 cm³/mol. The summed E-state index contributed by atoms with van der Waals surface area (Å²) in [5.74, 6) is -0.889. The molecule has 0 aromatic rings. The summed E-state index contributed by atoms with van der Waals surface area (Å²) in [6.45, 7) is 3.76. The number of carboxylic acids is 1. The number of aliphatic carboxylic acids is 1. The van der Waals surface area contributed by atoms with Crippen LogP contribution in [-0.4, -0.2) is 52.1 Å². The lowest BCUT2D eigenvalue weighted by Gasteiger charge is -2.37. The van der Waals surface area contributed by atoms with Gasteiger partial charge in [0.2, 0.25) is 0 Å². The van der Waals surface area contributed by atoms with Gasteiger partial charge in [0, 0.05) is 19.6 Å². The van der Waals surface area contributed by atoms with Crippen LogP contribution < -0.4 is 0 Å². The number of urea groups is 1. The molecule has 2 saturated heterocycles. The van der Waals surface area contributed by atoms with E-state index in [9.17, 15) is 14.7 Å². The van der Waals surface area contributed by atoms with Crippen molar-refractivity contribution in [2.45, 2.75) is 44.6 Å². The quantitative estimate of drug-likeness (QED) is 0.756. The second-order valence-corrected chi connectivity index (χ2v) is 5.16. The molecule has 96 valence electrons. The SMILES string of the molecule is CC1(C(=O)O)CCCN1C(=O)N1CCCCC1. The molecule has 0 aromatic heterocycles. The molecular formula is C12H20N2O3. The Morgan fingerprint density at radius 2 is 1.71 bits per heavy atom. The van der Waals surface area contributed by atoms with Gasteiger partial charge in [-0.25, -0.2) is 9.59 Å². The Labute approximate surface area is 101 Å². The van der Waals surface area contributed by atoms with Gasteiger partial charge in [0.1, 0.15) is 5.54 Å². The highest BCUT2D eigenvalue weighted by Crippen LogP contribution is 2.30. The van der Waals surface area contributed by atoms with Crippen molar-refractivity contribution >= 4 is 12.0 Å². The number of likely N-dealkylation sites (tertiary alicyclic amines) is 2. The largest absolute Gasteiger partial charge is 0.480 e. The average Bonchev–Trinajstić information content (AvgIpc) is 2.73. The topological polar surface area (TPSA) is 60.9 Å². The highest BCUT2D eigenvalue weighted by atomic mass is 16.4. The van der Waals surface area contributed by atoms with Crippen molar-refractivity contribution in [3.05, 3.63) is 0 Å². The van der Waals surface area contributed by atoms with E-state index >= 15 is 0 Å². The first-order chi connectivity index (χ1) is 8.05. The Balaban J connectivity index is 2.10. The van der Waals surface area contributed by atoms with Gasteiger partial charge in [-0.1, -0.05) is 0 Å². The maximum atomic E-state index is 12.3. The normalized spacial score (nSPS) is 29.5. The second-order valence-electron chi connectivity index (χ2n) is 5.16. The van der Waals surface area contributed by atoms with Crippen LogP contribution in [0.25, 0.3) is 0 Å². The molecule has 2 fully saturated rings. The summed E-state index contributed by atoms with van der Waals surface area (Å²) in [7, 11) is 0. The van der Waals surface area contributed by atoms with E-state index < -0.39 is 11.5 Å². The summed E-state index contributed by atoms with van der Waals surface area (Å²) in [5.41, 5.74) is -1.01. The van der Waals surface area contributed by atoms with Crippen LogP contribution in [0.2, 0.25) is 0 Å². The summed E-state index contributed by atoms with van der Waals surface area (Å²) in [6, 6.07) is -0.0906. The van der Waals surface area contributed by atoms with Crippen LogP contribution in [0.5, 0.6) is 0 Å². The van der Waals surface area contributed by atoms with Gasteiger partial charge in [-0.05, 0) is 39.0 Å². The van der Waals surface area contributed by atoms with E-state index in [1.54, 1.807) is 16.7 Å². The first-order valence-corrected chi connectivity index (χ1v) is 6.35. The van der Waals surface area contributed by atoms with Crippen LogP contribution in [0.4, 0.5) is 4.79 Å². The molecule has 2 heterocycles. The van der Waals surface area contributed by atoms with Gasteiger partial charge < -0.3 is 14.9 Å². The summed E-state index contributed by atoms with van der Waals surface area (Å²) in [5, 5.41) is 9.28. The van der Waals surface area contributed by atoms with E-state index in [0.717, 1.165) is 32.4 Å². The smallest absolute Gasteiger partial charge is 0.329 e. The Kier molecular flexibility index (Phi) is 3.26. The van der Waals surface area contributed by atoms with Crippen LogP contribution in [0.3, 0.4) is 0 Å². The molecule has 2 aliphatic rings. The molecule has 2 aliphatic heterocycles. The van der Waals surface area contributed by atoms with Gasteiger partial charge in [0.15, 0.2) is 0 Å². The molecule has 0 aliphatic carbocycles. The first kappa shape index (κ1) is 12.2. The van der Waals surface area contributed by atoms with Crippen molar-refractivity contribution in [2.75, 3.05) is 19.6 Å². The van der Waals surface area contributed by atoms with Gasteiger partial charge in [-0.15, -0.1) is 0 Å². The van der Waals surface area contributed by atoms with Gasteiger partial charge in [-0.2, -0.15) is 0 Å². The lowest BCUT2D eigenvalue weighted by molar-refractivity contribution is -0.147. The minimum atomic E-state index is -1.01. The molecule has 0 bridgehead atoms. The lowest BCUT2D eigenvalue weighted by Crippen LogP contribution is -2.55. The van der Waals surface area contributed by atoms with E-state index in [4.69, 9.17) is 0 Å². The highest BCUT2D eigenvalue weighted by Gasteiger charge is 2.47. The number of carbonyl (C=O) groups is 2. The molecule has 0 saturated carbocycles. The molecule has 1 N–H and O–H groups in total. The molecule has 0 spiro atoms. The third-order valence-electron chi connectivity index (χ3n) is 3.96. The molecule has 2 rings (SSSR count). The van der Waals surface area contributed by atoms with Crippen LogP contribution in [-0.2, 0) is 4.79 Å². The molecule has 5 heteroatoms. The molecule has 2 amide bonds. The molecule has 1 atom stereocenters. The molecule has 1 unspecified atom stereocenters. The average molecular weight is 240 g/mol. The first-order valence-electron chi connectivity index (χ1n) is 6.35.